The number of piperidine rings is 1. The number of amides is 4. The van der Waals surface area contributed by atoms with Crippen LogP contribution in [0.2, 0.25) is 0 Å². The van der Waals surface area contributed by atoms with E-state index in [2.05, 4.69) is 10.2 Å². The average molecular weight is 431 g/mol. The number of piperazine rings is 1. The van der Waals surface area contributed by atoms with Gasteiger partial charge in [0.25, 0.3) is 5.91 Å². The summed E-state index contributed by atoms with van der Waals surface area (Å²) in [6.07, 6.45) is 0.249. The molecule has 4 amide bonds. The van der Waals surface area contributed by atoms with Gasteiger partial charge in [-0.3, -0.25) is 19.7 Å². The number of imide groups is 1. The molecule has 2 saturated heterocycles. The van der Waals surface area contributed by atoms with Crippen molar-refractivity contribution in [1.29, 1.82) is 0 Å². The Morgan fingerprint density at radius 1 is 1.06 bits per heavy atom. The molecule has 0 saturated carbocycles. The first-order chi connectivity index (χ1) is 14.5. The smallest absolute Gasteiger partial charge is 0.410 e. The van der Waals surface area contributed by atoms with Crippen molar-refractivity contribution in [3.63, 3.8) is 0 Å². The number of nitrogens with zero attached hydrogens (tertiary/aromatic N) is 3. The summed E-state index contributed by atoms with van der Waals surface area (Å²) in [6.45, 7) is 8.01. The van der Waals surface area contributed by atoms with Crippen LogP contribution in [-0.4, -0.2) is 78.5 Å². The number of carbonyl (C=O) groups excluding carboxylic acids is 4. The number of hydrogen-bond donors (Lipinski definition) is 1. The minimum atomic E-state index is -0.647. The van der Waals surface area contributed by atoms with E-state index in [1.807, 2.05) is 32.9 Å². The largest absolute Gasteiger partial charge is 0.444 e. The molecule has 2 heterocycles. The zero-order valence-corrected chi connectivity index (χ0v) is 18.5. The van der Waals surface area contributed by atoms with Crippen LogP contribution in [0.5, 0.6) is 0 Å². The fourth-order valence-corrected chi connectivity index (χ4v) is 3.69. The van der Waals surface area contributed by atoms with E-state index >= 15 is 0 Å². The summed E-state index contributed by atoms with van der Waals surface area (Å²) in [5.41, 5.74) is 0.921. The first-order valence-corrected chi connectivity index (χ1v) is 10.5. The second kappa shape index (κ2) is 8.95. The highest BCUT2D eigenvalue weighted by Crippen LogP contribution is 2.20. The van der Waals surface area contributed by atoms with Crippen LogP contribution < -0.4 is 10.2 Å². The van der Waals surface area contributed by atoms with Gasteiger partial charge in [0.15, 0.2) is 0 Å². The summed E-state index contributed by atoms with van der Waals surface area (Å²) in [5.74, 6) is -1.01. The molecule has 1 aromatic carbocycles. The van der Waals surface area contributed by atoms with E-state index in [4.69, 9.17) is 4.74 Å². The minimum absolute atomic E-state index is 0.224. The van der Waals surface area contributed by atoms with Crippen LogP contribution in [0.15, 0.2) is 24.3 Å². The second-order valence-corrected chi connectivity index (χ2v) is 8.88. The molecule has 1 N–H and O–H groups in total. The molecule has 1 unspecified atom stereocenters. The van der Waals surface area contributed by atoms with Crippen molar-refractivity contribution in [3.8, 4) is 0 Å². The SMILES string of the molecule is CN(C(=O)c1ccc(N2CCN(C(=O)OC(C)(C)C)CC2)cc1)C1CCC(=O)NC1=O. The molecule has 0 aromatic heterocycles. The molecule has 2 fully saturated rings. The molecule has 9 heteroatoms. The van der Waals surface area contributed by atoms with E-state index in [1.54, 1.807) is 24.1 Å². The van der Waals surface area contributed by atoms with Gasteiger partial charge in [-0.2, -0.15) is 0 Å². The molecule has 0 radical (unpaired) electrons. The Hall–Kier alpha value is -3.10. The fourth-order valence-electron chi connectivity index (χ4n) is 3.69. The molecular weight excluding hydrogens is 400 g/mol. The van der Waals surface area contributed by atoms with Gasteiger partial charge in [0.05, 0.1) is 0 Å². The van der Waals surface area contributed by atoms with Crippen LogP contribution in [0, 0.1) is 0 Å². The van der Waals surface area contributed by atoms with Gasteiger partial charge in [0.1, 0.15) is 11.6 Å². The molecule has 2 aliphatic rings. The van der Waals surface area contributed by atoms with E-state index in [-0.39, 0.29) is 24.3 Å². The van der Waals surface area contributed by atoms with Gasteiger partial charge in [0.2, 0.25) is 11.8 Å². The van der Waals surface area contributed by atoms with Crippen LogP contribution >= 0.6 is 0 Å². The highest BCUT2D eigenvalue weighted by molar-refractivity contribution is 6.03. The third kappa shape index (κ3) is 5.53. The van der Waals surface area contributed by atoms with Crippen LogP contribution in [0.1, 0.15) is 44.0 Å². The minimum Gasteiger partial charge on any atom is -0.444 e. The number of anilines is 1. The number of nitrogens with one attached hydrogen (secondary N) is 1. The normalized spacial score (nSPS) is 19.7. The molecule has 0 aliphatic carbocycles. The first-order valence-electron chi connectivity index (χ1n) is 10.5. The maximum atomic E-state index is 12.8. The van der Waals surface area contributed by atoms with E-state index in [9.17, 15) is 19.2 Å². The summed E-state index contributed by atoms with van der Waals surface area (Å²) >= 11 is 0. The molecule has 3 rings (SSSR count). The Kier molecular flexibility index (Phi) is 6.52. The lowest BCUT2D eigenvalue weighted by Gasteiger charge is -2.36. The predicted octanol–water partition coefficient (Wildman–Crippen LogP) is 1.62. The molecule has 0 spiro atoms. The van der Waals surface area contributed by atoms with Crippen LogP contribution in [0.3, 0.4) is 0 Å². The number of ether oxygens (including phenoxy) is 1. The lowest BCUT2D eigenvalue weighted by Crippen LogP contribution is -2.52. The molecule has 31 heavy (non-hydrogen) atoms. The van der Waals surface area contributed by atoms with Crippen molar-refractivity contribution in [2.24, 2.45) is 0 Å². The number of likely N-dealkylation sites (N-methyl/N-ethyl adjacent to an activating group) is 1. The van der Waals surface area contributed by atoms with Crippen molar-refractivity contribution in [2.75, 3.05) is 38.1 Å². The summed E-state index contributed by atoms with van der Waals surface area (Å²) in [6, 6.07) is 6.56. The summed E-state index contributed by atoms with van der Waals surface area (Å²) in [7, 11) is 1.58. The topological polar surface area (TPSA) is 99.3 Å². The molecular formula is C22H30N4O5. The van der Waals surface area contributed by atoms with Crippen LogP contribution in [-0.2, 0) is 14.3 Å². The van der Waals surface area contributed by atoms with Crippen molar-refractivity contribution < 1.29 is 23.9 Å². The van der Waals surface area contributed by atoms with Gasteiger partial charge >= 0.3 is 6.09 Å². The van der Waals surface area contributed by atoms with Crippen LogP contribution in [0.25, 0.3) is 0 Å². The van der Waals surface area contributed by atoms with Crippen molar-refractivity contribution >= 4 is 29.5 Å². The summed E-state index contributed by atoms with van der Waals surface area (Å²) < 4.78 is 5.43. The van der Waals surface area contributed by atoms with Gasteiger partial charge in [-0.25, -0.2) is 4.79 Å². The standard InChI is InChI=1S/C22H30N4O5/c1-22(2,3)31-21(30)26-13-11-25(12-14-26)16-7-5-15(6-8-16)20(29)24(4)17-9-10-18(27)23-19(17)28/h5-8,17H,9-14H2,1-4H3,(H,23,27,28). The Morgan fingerprint density at radius 2 is 1.68 bits per heavy atom. The monoisotopic (exact) mass is 430 g/mol. The van der Waals surface area contributed by atoms with E-state index in [1.165, 1.54) is 4.90 Å². The molecule has 0 bridgehead atoms. The average Bonchev–Trinajstić information content (AvgIpc) is 2.72. The Balaban J connectivity index is 1.57. The fraction of sp³-hybridized carbons (Fsp3) is 0.545. The highest BCUT2D eigenvalue weighted by Gasteiger charge is 2.32. The first kappa shape index (κ1) is 22.6. The highest BCUT2D eigenvalue weighted by atomic mass is 16.6. The number of carbonyl (C=O) groups is 4. The molecule has 1 aromatic rings. The second-order valence-electron chi connectivity index (χ2n) is 8.88. The quantitative estimate of drug-likeness (QED) is 0.732. The number of rotatable bonds is 3. The van der Waals surface area contributed by atoms with E-state index < -0.39 is 17.6 Å². The lowest BCUT2D eigenvalue weighted by molar-refractivity contribution is -0.136. The van der Waals surface area contributed by atoms with Gasteiger partial charge in [-0.15, -0.1) is 0 Å². The number of hydrogen-bond acceptors (Lipinski definition) is 6. The van der Waals surface area contributed by atoms with Crippen molar-refractivity contribution in [3.05, 3.63) is 29.8 Å². The zero-order valence-electron chi connectivity index (χ0n) is 18.5. The summed E-state index contributed by atoms with van der Waals surface area (Å²) in [4.78, 5) is 53.6. The lowest BCUT2D eigenvalue weighted by atomic mass is 10.0. The van der Waals surface area contributed by atoms with Crippen molar-refractivity contribution in [1.82, 2.24) is 15.1 Å². The molecule has 2 aliphatic heterocycles. The van der Waals surface area contributed by atoms with Gasteiger partial charge in [-0.05, 0) is 51.5 Å². The van der Waals surface area contributed by atoms with Gasteiger partial charge < -0.3 is 19.4 Å². The third-order valence-corrected chi connectivity index (χ3v) is 5.41. The maximum absolute atomic E-state index is 12.8. The maximum Gasteiger partial charge on any atom is 0.410 e. The molecule has 168 valence electrons. The number of benzene rings is 1. The van der Waals surface area contributed by atoms with E-state index in [0.29, 0.717) is 38.2 Å². The Morgan fingerprint density at radius 3 is 2.23 bits per heavy atom. The van der Waals surface area contributed by atoms with Crippen LogP contribution in [0.4, 0.5) is 10.5 Å². The Bertz CT molecular complexity index is 854. The van der Waals surface area contributed by atoms with Gasteiger partial charge in [0, 0.05) is 50.9 Å². The zero-order chi connectivity index (χ0) is 22.8. The van der Waals surface area contributed by atoms with Crippen molar-refractivity contribution in [2.45, 2.75) is 45.3 Å². The van der Waals surface area contributed by atoms with E-state index in [0.717, 1.165) is 5.69 Å². The predicted molar refractivity (Wildman–Crippen MR) is 115 cm³/mol. The summed E-state index contributed by atoms with van der Waals surface area (Å²) in [5, 5.41) is 2.28. The van der Waals surface area contributed by atoms with Gasteiger partial charge in [-0.1, -0.05) is 0 Å². The third-order valence-electron chi connectivity index (χ3n) is 5.41. The molecule has 1 atom stereocenters. The molecule has 9 nitrogen and oxygen atoms in total. The Labute approximate surface area is 182 Å².